The van der Waals surface area contributed by atoms with Crippen LogP contribution in [0.4, 0.5) is 0 Å². The summed E-state index contributed by atoms with van der Waals surface area (Å²) in [4.78, 5) is 8.31. The lowest BCUT2D eigenvalue weighted by Crippen LogP contribution is -2.41. The van der Waals surface area contributed by atoms with E-state index in [1.165, 1.54) is 17.5 Å². The van der Waals surface area contributed by atoms with E-state index >= 15 is 0 Å². The zero-order valence-corrected chi connectivity index (χ0v) is 15.7. The van der Waals surface area contributed by atoms with Gasteiger partial charge in [0, 0.05) is 19.6 Å². The van der Waals surface area contributed by atoms with Crippen LogP contribution in [0.1, 0.15) is 44.7 Å². The van der Waals surface area contributed by atoms with E-state index in [4.69, 9.17) is 0 Å². The molecule has 2 N–H and O–H groups in total. The van der Waals surface area contributed by atoms with E-state index in [0.717, 1.165) is 31.4 Å². The van der Waals surface area contributed by atoms with Crippen LogP contribution < -0.4 is 10.6 Å². The normalized spacial score (nSPS) is 13.1. The molecule has 0 fully saturated rings. The van der Waals surface area contributed by atoms with Gasteiger partial charge in [0.2, 0.25) is 0 Å². The number of hydrogen-bond acceptors (Lipinski definition) is 3. The summed E-state index contributed by atoms with van der Waals surface area (Å²) in [6.45, 7) is 8.18. The average Bonchev–Trinajstić information content (AvgIpc) is 3.10. The minimum atomic E-state index is 0.409. The second kappa shape index (κ2) is 9.81. The standard InChI is InChI=1S/C19H30N6/c1-15(2)8-9-16(3)24-19(20-4)22-11-17-6-5-7-18(10-17)12-25-14-21-13-23-25/h5-7,10,13-16H,8-9,11-12H2,1-4H3,(H2,20,22,24). The van der Waals surface area contributed by atoms with E-state index in [2.05, 4.69) is 70.7 Å². The van der Waals surface area contributed by atoms with Gasteiger partial charge in [0.05, 0.1) is 6.54 Å². The van der Waals surface area contributed by atoms with Gasteiger partial charge in [0.25, 0.3) is 0 Å². The zero-order chi connectivity index (χ0) is 18.1. The van der Waals surface area contributed by atoms with Crippen molar-refractivity contribution in [3.05, 3.63) is 48.0 Å². The summed E-state index contributed by atoms with van der Waals surface area (Å²) in [7, 11) is 1.81. The van der Waals surface area contributed by atoms with Crippen LogP contribution in [0, 0.1) is 5.92 Å². The van der Waals surface area contributed by atoms with Crippen molar-refractivity contribution in [2.45, 2.75) is 52.7 Å². The van der Waals surface area contributed by atoms with Crippen molar-refractivity contribution in [3.63, 3.8) is 0 Å². The van der Waals surface area contributed by atoms with Gasteiger partial charge >= 0.3 is 0 Å². The molecule has 2 aromatic rings. The van der Waals surface area contributed by atoms with Crippen molar-refractivity contribution in [2.24, 2.45) is 10.9 Å². The van der Waals surface area contributed by atoms with Crippen molar-refractivity contribution in [1.29, 1.82) is 0 Å². The van der Waals surface area contributed by atoms with E-state index in [-0.39, 0.29) is 0 Å². The van der Waals surface area contributed by atoms with Gasteiger partial charge in [-0.1, -0.05) is 38.1 Å². The molecular formula is C19H30N6. The highest BCUT2D eigenvalue weighted by molar-refractivity contribution is 5.79. The Hall–Kier alpha value is -2.37. The number of nitrogens with zero attached hydrogens (tertiary/aromatic N) is 4. The van der Waals surface area contributed by atoms with Gasteiger partial charge in [-0.3, -0.25) is 4.99 Å². The molecule has 0 aliphatic carbocycles. The maximum Gasteiger partial charge on any atom is 0.191 e. The fourth-order valence-electron chi connectivity index (χ4n) is 2.61. The Bertz CT molecular complexity index is 648. The quantitative estimate of drug-likeness (QED) is 0.572. The van der Waals surface area contributed by atoms with Crippen LogP contribution in [0.2, 0.25) is 0 Å². The Labute approximate surface area is 150 Å². The Kier molecular flexibility index (Phi) is 7.44. The fraction of sp³-hybridized carbons (Fsp3) is 0.526. The first-order valence-electron chi connectivity index (χ1n) is 8.94. The highest BCUT2D eigenvalue weighted by Gasteiger charge is 2.06. The van der Waals surface area contributed by atoms with Crippen molar-refractivity contribution in [3.8, 4) is 0 Å². The Balaban J connectivity index is 1.84. The fourth-order valence-corrected chi connectivity index (χ4v) is 2.61. The Morgan fingerprint density at radius 1 is 1.20 bits per heavy atom. The van der Waals surface area contributed by atoms with E-state index in [0.29, 0.717) is 6.04 Å². The number of guanidine groups is 1. The van der Waals surface area contributed by atoms with Gasteiger partial charge in [0.15, 0.2) is 5.96 Å². The summed E-state index contributed by atoms with van der Waals surface area (Å²) in [6, 6.07) is 8.89. The molecule has 6 heteroatoms. The van der Waals surface area contributed by atoms with E-state index < -0.39 is 0 Å². The molecule has 1 heterocycles. The molecule has 6 nitrogen and oxygen atoms in total. The molecule has 0 spiro atoms. The second-order valence-corrected chi connectivity index (χ2v) is 6.86. The number of rotatable bonds is 8. The zero-order valence-electron chi connectivity index (χ0n) is 15.7. The lowest BCUT2D eigenvalue weighted by molar-refractivity contribution is 0.489. The summed E-state index contributed by atoms with van der Waals surface area (Å²) in [5, 5.41) is 11.0. The molecule has 1 aromatic heterocycles. The average molecular weight is 342 g/mol. The number of aliphatic imine (C=N–C) groups is 1. The predicted octanol–water partition coefficient (Wildman–Crippen LogP) is 2.82. The number of hydrogen-bond donors (Lipinski definition) is 2. The summed E-state index contributed by atoms with van der Waals surface area (Å²) < 4.78 is 1.82. The first-order chi connectivity index (χ1) is 12.1. The molecule has 0 saturated heterocycles. The third-order valence-corrected chi connectivity index (χ3v) is 4.05. The van der Waals surface area contributed by atoms with Crippen molar-refractivity contribution in [1.82, 2.24) is 25.4 Å². The van der Waals surface area contributed by atoms with Crippen LogP contribution in [-0.2, 0) is 13.1 Å². The molecule has 0 aliphatic heterocycles. The molecule has 0 saturated carbocycles. The van der Waals surface area contributed by atoms with Gasteiger partial charge < -0.3 is 10.6 Å². The van der Waals surface area contributed by atoms with Crippen LogP contribution in [0.5, 0.6) is 0 Å². The molecule has 2 rings (SSSR count). The van der Waals surface area contributed by atoms with Gasteiger partial charge in [-0.2, -0.15) is 5.10 Å². The molecule has 0 amide bonds. The van der Waals surface area contributed by atoms with Crippen molar-refractivity contribution in [2.75, 3.05) is 7.05 Å². The highest BCUT2D eigenvalue weighted by Crippen LogP contribution is 2.08. The first kappa shape index (κ1) is 19.0. The molecular weight excluding hydrogens is 312 g/mol. The number of aromatic nitrogens is 3. The molecule has 25 heavy (non-hydrogen) atoms. The summed E-state index contributed by atoms with van der Waals surface area (Å²) >= 11 is 0. The summed E-state index contributed by atoms with van der Waals surface area (Å²) in [6.07, 6.45) is 5.65. The van der Waals surface area contributed by atoms with E-state index in [1.807, 2.05) is 11.7 Å². The Morgan fingerprint density at radius 2 is 2.00 bits per heavy atom. The van der Waals surface area contributed by atoms with Gasteiger partial charge in [-0.25, -0.2) is 9.67 Å². The van der Waals surface area contributed by atoms with Crippen molar-refractivity contribution < 1.29 is 0 Å². The van der Waals surface area contributed by atoms with Crippen LogP contribution in [-0.4, -0.2) is 33.8 Å². The molecule has 0 radical (unpaired) electrons. The maximum absolute atomic E-state index is 4.33. The maximum atomic E-state index is 4.33. The molecule has 0 bridgehead atoms. The van der Waals surface area contributed by atoms with Crippen molar-refractivity contribution >= 4 is 5.96 Å². The lowest BCUT2D eigenvalue weighted by Gasteiger charge is -2.19. The SMILES string of the molecule is CN=C(NCc1cccc(Cn2cncn2)c1)NC(C)CCC(C)C. The molecule has 136 valence electrons. The monoisotopic (exact) mass is 342 g/mol. The highest BCUT2D eigenvalue weighted by atomic mass is 15.3. The minimum Gasteiger partial charge on any atom is -0.354 e. The first-order valence-corrected chi connectivity index (χ1v) is 8.94. The van der Waals surface area contributed by atoms with Crippen LogP contribution >= 0.6 is 0 Å². The van der Waals surface area contributed by atoms with Gasteiger partial charge in [-0.15, -0.1) is 0 Å². The van der Waals surface area contributed by atoms with Gasteiger partial charge in [-0.05, 0) is 36.8 Å². The van der Waals surface area contributed by atoms with Crippen LogP contribution in [0.3, 0.4) is 0 Å². The molecule has 0 aliphatic rings. The predicted molar refractivity (Wildman–Crippen MR) is 102 cm³/mol. The molecule has 1 unspecified atom stereocenters. The molecule has 1 atom stereocenters. The largest absolute Gasteiger partial charge is 0.354 e. The van der Waals surface area contributed by atoms with E-state index in [9.17, 15) is 0 Å². The Morgan fingerprint density at radius 3 is 2.68 bits per heavy atom. The topological polar surface area (TPSA) is 67.1 Å². The van der Waals surface area contributed by atoms with Crippen LogP contribution in [0.25, 0.3) is 0 Å². The summed E-state index contributed by atoms with van der Waals surface area (Å²) in [5.74, 6) is 1.57. The van der Waals surface area contributed by atoms with Gasteiger partial charge in [0.1, 0.15) is 12.7 Å². The third-order valence-electron chi connectivity index (χ3n) is 4.05. The molecule has 1 aromatic carbocycles. The van der Waals surface area contributed by atoms with Crippen LogP contribution in [0.15, 0.2) is 41.9 Å². The number of nitrogens with one attached hydrogen (secondary N) is 2. The smallest absolute Gasteiger partial charge is 0.191 e. The van der Waals surface area contributed by atoms with E-state index in [1.54, 1.807) is 12.7 Å². The minimum absolute atomic E-state index is 0.409. The third kappa shape index (κ3) is 6.95. The summed E-state index contributed by atoms with van der Waals surface area (Å²) in [5.41, 5.74) is 2.42. The lowest BCUT2D eigenvalue weighted by atomic mass is 10.0. The second-order valence-electron chi connectivity index (χ2n) is 6.86. The number of benzene rings is 1.